The topological polar surface area (TPSA) is 26.3 Å². The molecule has 0 saturated carbocycles. The zero-order valence-corrected chi connectivity index (χ0v) is 11.1. The van der Waals surface area contributed by atoms with Gasteiger partial charge in [-0.3, -0.25) is 4.79 Å². The lowest BCUT2D eigenvalue weighted by atomic mass is 10.0. The summed E-state index contributed by atoms with van der Waals surface area (Å²) >= 11 is 0. The highest BCUT2D eigenvalue weighted by Crippen LogP contribution is 2.25. The standard InChI is InChI=1S/C17H18O2/c1-2-3-11-19-17-10-9-15(12-16(17)13-18)14-7-5-4-6-8-14/h4-10,12-13H,2-3,11H2,1H3. The van der Waals surface area contributed by atoms with Gasteiger partial charge in [-0.2, -0.15) is 0 Å². The Kier molecular flexibility index (Phi) is 4.73. The van der Waals surface area contributed by atoms with Gasteiger partial charge in [-0.15, -0.1) is 0 Å². The first-order chi connectivity index (χ1) is 9.35. The Hall–Kier alpha value is -2.09. The van der Waals surface area contributed by atoms with E-state index in [4.69, 9.17) is 4.74 Å². The number of carbonyl (C=O) groups is 1. The fourth-order valence-electron chi connectivity index (χ4n) is 1.91. The summed E-state index contributed by atoms with van der Waals surface area (Å²) in [5, 5.41) is 0. The van der Waals surface area contributed by atoms with Gasteiger partial charge in [0.2, 0.25) is 0 Å². The van der Waals surface area contributed by atoms with Crippen molar-refractivity contribution in [2.24, 2.45) is 0 Å². The van der Waals surface area contributed by atoms with E-state index in [1.807, 2.05) is 48.5 Å². The maximum Gasteiger partial charge on any atom is 0.153 e. The molecule has 0 aliphatic rings. The van der Waals surface area contributed by atoms with Crippen LogP contribution in [0, 0.1) is 0 Å². The number of hydrogen-bond donors (Lipinski definition) is 0. The Bertz CT molecular complexity index is 532. The largest absolute Gasteiger partial charge is 0.493 e. The smallest absolute Gasteiger partial charge is 0.153 e. The van der Waals surface area contributed by atoms with E-state index in [0.717, 1.165) is 30.3 Å². The Morgan fingerprint density at radius 3 is 2.53 bits per heavy atom. The van der Waals surface area contributed by atoms with Crippen molar-refractivity contribution in [2.45, 2.75) is 19.8 Å². The average Bonchev–Trinajstić information content (AvgIpc) is 2.48. The van der Waals surface area contributed by atoms with Gasteiger partial charge >= 0.3 is 0 Å². The van der Waals surface area contributed by atoms with Gasteiger partial charge in [-0.25, -0.2) is 0 Å². The number of aldehydes is 1. The molecule has 0 spiro atoms. The minimum atomic E-state index is 0.609. The van der Waals surface area contributed by atoms with Crippen molar-refractivity contribution >= 4 is 6.29 Å². The van der Waals surface area contributed by atoms with E-state index in [9.17, 15) is 4.79 Å². The molecule has 2 heteroatoms. The van der Waals surface area contributed by atoms with Gasteiger partial charge in [0.05, 0.1) is 12.2 Å². The summed E-state index contributed by atoms with van der Waals surface area (Å²) < 4.78 is 5.63. The summed E-state index contributed by atoms with van der Waals surface area (Å²) in [5.74, 6) is 0.670. The van der Waals surface area contributed by atoms with Crippen LogP contribution in [0.15, 0.2) is 48.5 Å². The summed E-state index contributed by atoms with van der Waals surface area (Å²) in [6.45, 7) is 2.77. The van der Waals surface area contributed by atoms with E-state index in [1.54, 1.807) is 0 Å². The summed E-state index contributed by atoms with van der Waals surface area (Å²) in [6, 6.07) is 15.8. The second kappa shape index (κ2) is 6.74. The molecule has 0 saturated heterocycles. The lowest BCUT2D eigenvalue weighted by molar-refractivity contribution is 0.111. The third kappa shape index (κ3) is 3.44. The lowest BCUT2D eigenvalue weighted by Crippen LogP contribution is -1.99. The van der Waals surface area contributed by atoms with E-state index in [2.05, 4.69) is 6.92 Å². The van der Waals surface area contributed by atoms with Crippen molar-refractivity contribution < 1.29 is 9.53 Å². The maximum absolute atomic E-state index is 11.2. The molecule has 0 heterocycles. The van der Waals surface area contributed by atoms with Crippen molar-refractivity contribution in [3.8, 4) is 16.9 Å². The minimum Gasteiger partial charge on any atom is -0.493 e. The van der Waals surface area contributed by atoms with Gasteiger partial charge in [-0.05, 0) is 29.7 Å². The van der Waals surface area contributed by atoms with Crippen LogP contribution in [0.5, 0.6) is 5.75 Å². The fourth-order valence-corrected chi connectivity index (χ4v) is 1.91. The van der Waals surface area contributed by atoms with E-state index in [0.29, 0.717) is 17.9 Å². The Labute approximate surface area is 114 Å². The molecular weight excluding hydrogens is 236 g/mol. The number of benzene rings is 2. The highest BCUT2D eigenvalue weighted by Gasteiger charge is 2.05. The molecule has 0 unspecified atom stereocenters. The molecule has 0 aliphatic heterocycles. The highest BCUT2D eigenvalue weighted by atomic mass is 16.5. The molecule has 0 fully saturated rings. The molecule has 2 aromatic carbocycles. The number of hydrogen-bond acceptors (Lipinski definition) is 2. The number of rotatable bonds is 6. The Balaban J connectivity index is 2.23. The van der Waals surface area contributed by atoms with E-state index >= 15 is 0 Å². The molecule has 0 amide bonds. The molecule has 0 bridgehead atoms. The van der Waals surface area contributed by atoms with Crippen molar-refractivity contribution in [1.29, 1.82) is 0 Å². The van der Waals surface area contributed by atoms with Crippen LogP contribution in [0.3, 0.4) is 0 Å². The SMILES string of the molecule is CCCCOc1ccc(-c2ccccc2)cc1C=O. The zero-order valence-electron chi connectivity index (χ0n) is 11.1. The Morgan fingerprint density at radius 1 is 1.05 bits per heavy atom. The predicted octanol–water partition coefficient (Wildman–Crippen LogP) is 4.35. The second-order valence-corrected chi connectivity index (χ2v) is 4.44. The summed E-state index contributed by atoms with van der Waals surface area (Å²) in [7, 11) is 0. The van der Waals surface area contributed by atoms with Crippen LogP contribution in [-0.4, -0.2) is 12.9 Å². The van der Waals surface area contributed by atoms with Crippen LogP contribution in [-0.2, 0) is 0 Å². The third-order valence-corrected chi connectivity index (χ3v) is 3.00. The second-order valence-electron chi connectivity index (χ2n) is 4.44. The highest BCUT2D eigenvalue weighted by molar-refractivity contribution is 5.83. The third-order valence-electron chi connectivity index (χ3n) is 3.00. The van der Waals surface area contributed by atoms with Crippen molar-refractivity contribution in [1.82, 2.24) is 0 Å². The molecule has 19 heavy (non-hydrogen) atoms. The van der Waals surface area contributed by atoms with E-state index in [-0.39, 0.29) is 0 Å². The lowest BCUT2D eigenvalue weighted by Gasteiger charge is -2.09. The average molecular weight is 254 g/mol. The number of carbonyl (C=O) groups excluding carboxylic acids is 1. The number of ether oxygens (including phenoxy) is 1. The summed E-state index contributed by atoms with van der Waals surface area (Å²) in [4.78, 5) is 11.2. The van der Waals surface area contributed by atoms with E-state index in [1.165, 1.54) is 0 Å². The van der Waals surface area contributed by atoms with Crippen molar-refractivity contribution in [3.05, 3.63) is 54.1 Å². The van der Waals surface area contributed by atoms with Gasteiger partial charge in [0.25, 0.3) is 0 Å². The van der Waals surface area contributed by atoms with Crippen LogP contribution in [0.4, 0.5) is 0 Å². The van der Waals surface area contributed by atoms with Gasteiger partial charge in [0.1, 0.15) is 5.75 Å². The first-order valence-electron chi connectivity index (χ1n) is 6.62. The van der Waals surface area contributed by atoms with Crippen LogP contribution in [0.25, 0.3) is 11.1 Å². The molecule has 0 aliphatic carbocycles. The maximum atomic E-state index is 11.2. The number of unbranched alkanes of at least 4 members (excludes halogenated alkanes) is 1. The molecular formula is C17H18O2. The first-order valence-corrected chi connectivity index (χ1v) is 6.62. The fraction of sp³-hybridized carbons (Fsp3) is 0.235. The minimum absolute atomic E-state index is 0.609. The first kappa shape index (κ1) is 13.3. The molecule has 0 N–H and O–H groups in total. The quantitative estimate of drug-likeness (QED) is 0.566. The predicted molar refractivity (Wildman–Crippen MR) is 77.7 cm³/mol. The summed E-state index contributed by atoms with van der Waals surface area (Å²) in [5.41, 5.74) is 2.74. The van der Waals surface area contributed by atoms with Gasteiger partial charge < -0.3 is 4.74 Å². The molecule has 2 rings (SSSR count). The molecule has 98 valence electrons. The van der Waals surface area contributed by atoms with Gasteiger partial charge in [0.15, 0.2) is 6.29 Å². The normalized spacial score (nSPS) is 10.2. The Morgan fingerprint density at radius 2 is 1.84 bits per heavy atom. The molecule has 2 nitrogen and oxygen atoms in total. The van der Waals surface area contributed by atoms with Crippen molar-refractivity contribution in [2.75, 3.05) is 6.61 Å². The monoisotopic (exact) mass is 254 g/mol. The molecule has 2 aromatic rings. The van der Waals surface area contributed by atoms with Crippen LogP contribution >= 0.6 is 0 Å². The molecule has 0 radical (unpaired) electrons. The molecule has 0 atom stereocenters. The van der Waals surface area contributed by atoms with Crippen LogP contribution in [0.2, 0.25) is 0 Å². The van der Waals surface area contributed by atoms with E-state index < -0.39 is 0 Å². The van der Waals surface area contributed by atoms with Crippen molar-refractivity contribution in [3.63, 3.8) is 0 Å². The molecule has 0 aromatic heterocycles. The van der Waals surface area contributed by atoms with Crippen LogP contribution in [0.1, 0.15) is 30.1 Å². The summed E-state index contributed by atoms with van der Waals surface area (Å²) in [6.07, 6.45) is 2.94. The van der Waals surface area contributed by atoms with Gasteiger partial charge in [0, 0.05) is 0 Å². The zero-order chi connectivity index (χ0) is 13.5. The van der Waals surface area contributed by atoms with Gasteiger partial charge in [-0.1, -0.05) is 49.7 Å². The van der Waals surface area contributed by atoms with Crippen LogP contribution < -0.4 is 4.74 Å².